The number of para-hydroxylation sites is 1. The summed E-state index contributed by atoms with van der Waals surface area (Å²) in [6, 6.07) is 17.8. The van der Waals surface area contributed by atoms with Gasteiger partial charge >= 0.3 is 0 Å². The maximum absolute atomic E-state index is 12.8. The lowest BCUT2D eigenvalue weighted by atomic mass is 10.1. The Morgan fingerprint density at radius 3 is 2.84 bits per heavy atom. The van der Waals surface area contributed by atoms with Crippen molar-refractivity contribution in [2.24, 2.45) is 4.99 Å². The number of benzene rings is 2. The zero-order valence-electron chi connectivity index (χ0n) is 13.9. The van der Waals surface area contributed by atoms with E-state index in [1.807, 2.05) is 36.4 Å². The average molecular weight is 350 g/mol. The molecule has 2 aromatic carbocycles. The van der Waals surface area contributed by atoms with Crippen LogP contribution in [0.15, 0.2) is 64.0 Å². The molecule has 1 amide bonds. The second-order valence-corrected chi connectivity index (χ2v) is 6.93. The van der Waals surface area contributed by atoms with Crippen LogP contribution in [-0.4, -0.2) is 29.1 Å². The van der Waals surface area contributed by atoms with Gasteiger partial charge in [-0.1, -0.05) is 54.2 Å². The molecule has 0 atom stereocenters. The second kappa shape index (κ2) is 6.76. The highest BCUT2D eigenvalue weighted by molar-refractivity contribution is 8.13. The number of hydrogen-bond donors (Lipinski definition) is 0. The molecule has 0 unspecified atom stereocenters. The van der Waals surface area contributed by atoms with Gasteiger partial charge in [0.05, 0.1) is 6.54 Å². The Morgan fingerprint density at radius 2 is 2.00 bits per heavy atom. The maximum atomic E-state index is 12.8. The van der Waals surface area contributed by atoms with Gasteiger partial charge in [0.15, 0.2) is 10.9 Å². The molecule has 1 aliphatic heterocycles. The Balaban J connectivity index is 1.50. The summed E-state index contributed by atoms with van der Waals surface area (Å²) < 4.78 is 5.72. The third-order valence-electron chi connectivity index (χ3n) is 4.30. The minimum absolute atomic E-state index is 0.121. The van der Waals surface area contributed by atoms with Crippen LogP contribution in [0.3, 0.4) is 0 Å². The molecular formula is C20H18N2O2S. The summed E-state index contributed by atoms with van der Waals surface area (Å²) >= 11 is 1.60. The number of carbonyl (C=O) groups excluding carboxylic acids is 1. The fourth-order valence-corrected chi connectivity index (χ4v) is 3.99. The van der Waals surface area contributed by atoms with Crippen molar-refractivity contribution in [2.75, 3.05) is 13.1 Å². The molecular weight excluding hydrogens is 332 g/mol. The Bertz CT molecular complexity index is 928. The normalized spacial score (nSPS) is 14.1. The number of nitrogens with zero attached hydrogens (tertiary/aromatic N) is 2. The number of carbonyl (C=O) groups is 1. The highest BCUT2D eigenvalue weighted by Crippen LogP contribution is 2.25. The van der Waals surface area contributed by atoms with Gasteiger partial charge in [-0.25, -0.2) is 0 Å². The van der Waals surface area contributed by atoms with Crippen molar-refractivity contribution in [3.63, 3.8) is 0 Å². The summed E-state index contributed by atoms with van der Waals surface area (Å²) in [5.41, 5.74) is 3.25. The maximum Gasteiger partial charge on any atom is 0.295 e. The van der Waals surface area contributed by atoms with E-state index in [2.05, 4.69) is 24.0 Å². The fraction of sp³-hybridized carbons (Fsp3) is 0.200. The van der Waals surface area contributed by atoms with Gasteiger partial charge in [-0.05, 0) is 30.2 Å². The summed E-state index contributed by atoms with van der Waals surface area (Å²) in [6.07, 6.45) is 0. The number of aryl methyl sites for hydroxylation is 1. The Morgan fingerprint density at radius 1 is 1.20 bits per heavy atom. The van der Waals surface area contributed by atoms with Crippen molar-refractivity contribution < 1.29 is 9.21 Å². The number of thioether (sulfide) groups is 1. The number of rotatable bonds is 3. The van der Waals surface area contributed by atoms with E-state index in [0.717, 1.165) is 21.9 Å². The predicted molar refractivity (Wildman–Crippen MR) is 102 cm³/mol. The molecule has 25 heavy (non-hydrogen) atoms. The molecule has 0 saturated carbocycles. The van der Waals surface area contributed by atoms with Crippen molar-refractivity contribution in [3.05, 3.63) is 71.5 Å². The van der Waals surface area contributed by atoms with Gasteiger partial charge in [0.1, 0.15) is 5.58 Å². The lowest BCUT2D eigenvalue weighted by molar-refractivity contribution is 0.0833. The molecule has 4 rings (SSSR count). The van der Waals surface area contributed by atoms with Crippen molar-refractivity contribution in [2.45, 2.75) is 12.7 Å². The van der Waals surface area contributed by atoms with Crippen LogP contribution in [0.5, 0.6) is 0 Å². The highest BCUT2D eigenvalue weighted by atomic mass is 32.2. The average Bonchev–Trinajstić information content (AvgIpc) is 3.27. The van der Waals surface area contributed by atoms with Gasteiger partial charge in [0, 0.05) is 17.7 Å². The van der Waals surface area contributed by atoms with Crippen LogP contribution >= 0.6 is 11.8 Å². The first-order valence-corrected chi connectivity index (χ1v) is 9.23. The molecule has 0 spiro atoms. The first-order chi connectivity index (χ1) is 12.2. The molecule has 0 fully saturated rings. The minimum atomic E-state index is -0.121. The van der Waals surface area contributed by atoms with Crippen molar-refractivity contribution in [3.8, 4) is 0 Å². The number of aliphatic imine (C=N–C) groups is 1. The molecule has 1 aromatic heterocycles. The molecule has 2 heterocycles. The first kappa shape index (κ1) is 16.0. The Kier molecular flexibility index (Phi) is 4.32. The van der Waals surface area contributed by atoms with Crippen LogP contribution in [0.25, 0.3) is 11.0 Å². The lowest BCUT2D eigenvalue weighted by Crippen LogP contribution is -2.32. The summed E-state index contributed by atoms with van der Waals surface area (Å²) in [7, 11) is 0. The van der Waals surface area contributed by atoms with Gasteiger partial charge in [-0.15, -0.1) is 0 Å². The number of fused-ring (bicyclic) bond motifs is 1. The van der Waals surface area contributed by atoms with Gasteiger partial charge < -0.3 is 4.42 Å². The topological polar surface area (TPSA) is 45.8 Å². The lowest BCUT2D eigenvalue weighted by Gasteiger charge is -2.16. The van der Waals surface area contributed by atoms with Gasteiger partial charge in [0.25, 0.3) is 5.91 Å². The Labute approximate surface area is 150 Å². The molecule has 4 nitrogen and oxygen atoms in total. The summed E-state index contributed by atoms with van der Waals surface area (Å²) in [5.74, 6) is 1.05. The van der Waals surface area contributed by atoms with Gasteiger partial charge in [-0.3, -0.25) is 14.7 Å². The molecule has 0 bridgehead atoms. The minimum Gasteiger partial charge on any atom is -0.451 e. The molecule has 5 heteroatoms. The van der Waals surface area contributed by atoms with Crippen LogP contribution < -0.4 is 0 Å². The van der Waals surface area contributed by atoms with Crippen LogP contribution in [0.2, 0.25) is 0 Å². The number of hydrogen-bond acceptors (Lipinski definition) is 4. The standard InChI is InChI=1S/C20H18N2O2S/c1-14-6-2-3-8-16(14)13-25-20-21-10-11-22(20)19(23)18-12-15-7-4-5-9-17(15)24-18/h2-9,12H,10-11,13H2,1H3. The van der Waals surface area contributed by atoms with E-state index in [9.17, 15) is 4.79 Å². The van der Waals surface area contributed by atoms with E-state index in [1.165, 1.54) is 11.1 Å². The van der Waals surface area contributed by atoms with E-state index in [-0.39, 0.29) is 5.91 Å². The number of amides is 1. The van der Waals surface area contributed by atoms with Crippen molar-refractivity contribution in [1.29, 1.82) is 0 Å². The fourth-order valence-electron chi connectivity index (χ4n) is 2.87. The molecule has 0 aliphatic carbocycles. The van der Waals surface area contributed by atoms with Crippen LogP contribution in [0, 0.1) is 6.92 Å². The van der Waals surface area contributed by atoms with Crippen LogP contribution in [-0.2, 0) is 5.75 Å². The SMILES string of the molecule is Cc1ccccc1CSC1=NCCN1C(=O)c1cc2ccccc2o1. The molecule has 126 valence electrons. The largest absolute Gasteiger partial charge is 0.451 e. The smallest absolute Gasteiger partial charge is 0.295 e. The third-order valence-corrected chi connectivity index (χ3v) is 5.36. The van der Waals surface area contributed by atoms with E-state index >= 15 is 0 Å². The predicted octanol–water partition coefficient (Wildman–Crippen LogP) is 4.49. The second-order valence-electron chi connectivity index (χ2n) is 5.98. The van der Waals surface area contributed by atoms with Gasteiger partial charge in [-0.2, -0.15) is 0 Å². The zero-order valence-corrected chi connectivity index (χ0v) is 14.8. The number of amidine groups is 1. The van der Waals surface area contributed by atoms with Crippen molar-refractivity contribution >= 4 is 33.8 Å². The Hall–Kier alpha value is -2.53. The summed E-state index contributed by atoms with van der Waals surface area (Å²) in [4.78, 5) is 19.1. The van der Waals surface area contributed by atoms with E-state index < -0.39 is 0 Å². The highest BCUT2D eigenvalue weighted by Gasteiger charge is 2.27. The molecule has 1 aliphatic rings. The summed E-state index contributed by atoms with van der Waals surface area (Å²) in [5, 5.41) is 1.71. The monoisotopic (exact) mass is 350 g/mol. The van der Waals surface area contributed by atoms with E-state index in [0.29, 0.717) is 18.8 Å². The quantitative estimate of drug-likeness (QED) is 0.699. The van der Waals surface area contributed by atoms with Crippen LogP contribution in [0.4, 0.5) is 0 Å². The first-order valence-electron chi connectivity index (χ1n) is 8.24. The van der Waals surface area contributed by atoms with E-state index in [4.69, 9.17) is 4.42 Å². The van der Waals surface area contributed by atoms with Crippen LogP contribution in [0.1, 0.15) is 21.7 Å². The summed E-state index contributed by atoms with van der Waals surface area (Å²) in [6.45, 7) is 3.34. The van der Waals surface area contributed by atoms with Crippen molar-refractivity contribution in [1.82, 2.24) is 4.90 Å². The van der Waals surface area contributed by atoms with Gasteiger partial charge in [0.2, 0.25) is 0 Å². The molecule has 0 N–H and O–H groups in total. The molecule has 3 aromatic rings. The van der Waals surface area contributed by atoms with E-state index in [1.54, 1.807) is 22.7 Å². The number of furan rings is 1. The molecule has 0 radical (unpaired) electrons. The zero-order chi connectivity index (χ0) is 17.2. The third kappa shape index (κ3) is 3.20. The molecule has 0 saturated heterocycles.